The van der Waals surface area contributed by atoms with Crippen LogP contribution in [0.5, 0.6) is 0 Å². The zero-order valence-corrected chi connectivity index (χ0v) is 15.4. The zero-order chi connectivity index (χ0) is 21.4. The lowest BCUT2D eigenvalue weighted by Gasteiger charge is -2.22. The molecule has 10 heteroatoms. The van der Waals surface area contributed by atoms with Crippen molar-refractivity contribution in [2.75, 3.05) is 30.4 Å². The molecule has 150 valence electrons. The van der Waals surface area contributed by atoms with Crippen molar-refractivity contribution in [3.05, 3.63) is 64.0 Å². The Morgan fingerprint density at radius 2 is 2.03 bits per heavy atom. The van der Waals surface area contributed by atoms with Gasteiger partial charge >= 0.3 is 5.97 Å². The summed E-state index contributed by atoms with van der Waals surface area (Å²) in [5, 5.41) is 22.5. The summed E-state index contributed by atoms with van der Waals surface area (Å²) in [5.41, 5.74) is -0.268. The lowest BCUT2D eigenvalue weighted by Crippen LogP contribution is -2.36. The predicted octanol–water partition coefficient (Wildman–Crippen LogP) is 2.88. The highest BCUT2D eigenvalue weighted by Crippen LogP contribution is 2.25. The first kappa shape index (κ1) is 21.3. The molecular weight excluding hydrogens is 383 g/mol. The number of hydrogen-bond acceptors (Lipinski definition) is 7. The van der Waals surface area contributed by atoms with E-state index in [2.05, 4.69) is 5.32 Å². The number of hydrogen-bond donors (Lipinski definition) is 1. The van der Waals surface area contributed by atoms with Crippen LogP contribution in [-0.4, -0.2) is 37.0 Å². The third-order valence-electron chi connectivity index (χ3n) is 3.92. The molecule has 1 amide bonds. The van der Waals surface area contributed by atoms with Gasteiger partial charge in [-0.1, -0.05) is 12.1 Å². The Morgan fingerprint density at radius 3 is 2.66 bits per heavy atom. The molecule has 0 heterocycles. The maximum atomic E-state index is 14.0. The molecule has 0 radical (unpaired) electrons. The van der Waals surface area contributed by atoms with Gasteiger partial charge in [0.2, 0.25) is 0 Å². The number of carbonyl (C=O) groups is 2. The number of nitro benzene ring substituents is 1. The highest BCUT2D eigenvalue weighted by atomic mass is 19.1. The summed E-state index contributed by atoms with van der Waals surface area (Å²) in [5.74, 6) is -2.35. The number of halogens is 1. The first-order valence-electron chi connectivity index (χ1n) is 8.44. The van der Waals surface area contributed by atoms with Gasteiger partial charge in [-0.15, -0.1) is 0 Å². The molecule has 29 heavy (non-hydrogen) atoms. The number of anilines is 2. The molecule has 1 N–H and O–H groups in total. The van der Waals surface area contributed by atoms with E-state index in [4.69, 9.17) is 10.00 Å². The largest absolute Gasteiger partial charge is 0.452 e. The second kappa shape index (κ2) is 9.80. The minimum Gasteiger partial charge on any atom is -0.452 e. The number of nitro groups is 1. The van der Waals surface area contributed by atoms with Gasteiger partial charge in [0, 0.05) is 19.7 Å². The molecule has 0 unspecified atom stereocenters. The van der Waals surface area contributed by atoms with Crippen LogP contribution >= 0.6 is 0 Å². The molecule has 2 rings (SSSR count). The molecule has 9 nitrogen and oxygen atoms in total. The van der Waals surface area contributed by atoms with Crippen molar-refractivity contribution in [3.63, 3.8) is 0 Å². The van der Waals surface area contributed by atoms with Crippen LogP contribution in [0.25, 0.3) is 0 Å². The molecule has 0 saturated carbocycles. The maximum Gasteiger partial charge on any atom is 0.338 e. The smallest absolute Gasteiger partial charge is 0.338 e. The lowest BCUT2D eigenvalue weighted by atomic mass is 10.1. The molecule has 0 aromatic heterocycles. The first-order valence-corrected chi connectivity index (χ1v) is 8.44. The Bertz CT molecular complexity index is 973. The summed E-state index contributed by atoms with van der Waals surface area (Å²) in [6.07, 6.45) is -0.0499. The summed E-state index contributed by atoms with van der Waals surface area (Å²) in [7, 11) is 1.50. The van der Waals surface area contributed by atoms with Crippen molar-refractivity contribution in [2.24, 2.45) is 0 Å². The fourth-order valence-corrected chi connectivity index (χ4v) is 2.52. The Morgan fingerprint density at radius 1 is 1.31 bits per heavy atom. The van der Waals surface area contributed by atoms with E-state index in [-0.39, 0.29) is 35.6 Å². The number of nitrogens with one attached hydrogen (secondary N) is 1. The van der Waals surface area contributed by atoms with Crippen molar-refractivity contribution in [1.82, 2.24) is 0 Å². The second-order valence-corrected chi connectivity index (χ2v) is 5.72. The Hall–Kier alpha value is -4.00. The van der Waals surface area contributed by atoms with Gasteiger partial charge in [0.25, 0.3) is 11.6 Å². The molecular formula is C19H17FN4O5. The molecule has 0 bridgehead atoms. The van der Waals surface area contributed by atoms with Gasteiger partial charge < -0.3 is 15.0 Å². The Labute approximate surface area is 165 Å². The number of carbonyl (C=O) groups excluding carboxylic acids is 2. The number of ether oxygens (including phenoxy) is 1. The number of benzene rings is 2. The Balaban J connectivity index is 2.14. The van der Waals surface area contributed by atoms with Crippen LogP contribution < -0.4 is 10.2 Å². The van der Waals surface area contributed by atoms with Crippen molar-refractivity contribution in [2.45, 2.75) is 6.42 Å². The topological polar surface area (TPSA) is 126 Å². The average molecular weight is 400 g/mol. The van der Waals surface area contributed by atoms with Crippen LogP contribution in [0.2, 0.25) is 0 Å². The average Bonchev–Trinajstić information content (AvgIpc) is 2.72. The summed E-state index contributed by atoms with van der Waals surface area (Å²) in [6, 6.07) is 11.1. The van der Waals surface area contributed by atoms with E-state index < -0.39 is 29.2 Å². The molecule has 0 atom stereocenters. The second-order valence-electron chi connectivity index (χ2n) is 5.72. The van der Waals surface area contributed by atoms with Crippen LogP contribution in [0.4, 0.5) is 21.5 Å². The number of nitrogens with zero attached hydrogens (tertiary/aromatic N) is 3. The number of esters is 1. The summed E-state index contributed by atoms with van der Waals surface area (Å²) >= 11 is 0. The summed E-state index contributed by atoms with van der Waals surface area (Å²) < 4.78 is 19.0. The van der Waals surface area contributed by atoms with Gasteiger partial charge in [0.1, 0.15) is 11.5 Å². The van der Waals surface area contributed by atoms with Gasteiger partial charge in [-0.25, -0.2) is 9.18 Å². The fraction of sp³-hybridized carbons (Fsp3) is 0.211. The number of para-hydroxylation sites is 1. The summed E-state index contributed by atoms with van der Waals surface area (Å²) in [4.78, 5) is 36.1. The van der Waals surface area contributed by atoms with Crippen LogP contribution in [-0.2, 0) is 9.53 Å². The quantitative estimate of drug-likeness (QED) is 0.410. The van der Waals surface area contributed by atoms with Crippen molar-refractivity contribution < 1.29 is 23.6 Å². The molecule has 0 aliphatic rings. The zero-order valence-electron chi connectivity index (χ0n) is 15.4. The number of nitriles is 1. The molecule has 2 aromatic rings. The minimum absolute atomic E-state index is 0.0437. The first-order chi connectivity index (χ1) is 13.9. The molecule has 0 aliphatic heterocycles. The lowest BCUT2D eigenvalue weighted by molar-refractivity contribution is -0.384. The van der Waals surface area contributed by atoms with E-state index >= 15 is 0 Å². The van der Waals surface area contributed by atoms with E-state index in [1.54, 1.807) is 0 Å². The van der Waals surface area contributed by atoms with Crippen molar-refractivity contribution >= 4 is 28.9 Å². The Kier molecular flexibility index (Phi) is 7.20. The van der Waals surface area contributed by atoms with Crippen LogP contribution in [0.1, 0.15) is 16.8 Å². The normalized spacial score (nSPS) is 9.97. The van der Waals surface area contributed by atoms with E-state index in [9.17, 15) is 24.1 Å². The monoisotopic (exact) mass is 400 g/mol. The SMILES string of the molecule is CNc1ccc(C(=O)OCC(=O)N(CCC#N)c2ccccc2F)cc1[N+](=O)[O-]. The van der Waals surface area contributed by atoms with Gasteiger partial charge in [0.15, 0.2) is 6.61 Å². The van der Waals surface area contributed by atoms with E-state index in [0.29, 0.717) is 0 Å². The van der Waals surface area contributed by atoms with E-state index in [0.717, 1.165) is 17.0 Å². The van der Waals surface area contributed by atoms with E-state index in [1.807, 2.05) is 6.07 Å². The molecule has 0 aliphatic carbocycles. The van der Waals surface area contributed by atoms with Gasteiger partial charge in [-0.2, -0.15) is 5.26 Å². The van der Waals surface area contributed by atoms with Crippen LogP contribution in [0.3, 0.4) is 0 Å². The summed E-state index contributed by atoms with van der Waals surface area (Å²) in [6.45, 7) is -0.809. The standard InChI is InChI=1S/C19H17FN4O5/c1-22-15-8-7-13(11-17(15)24(27)28)19(26)29-12-18(25)23(10-4-9-21)16-6-3-2-5-14(16)20/h2-3,5-8,11,22H,4,10,12H2,1H3. The van der Waals surface area contributed by atoms with Gasteiger partial charge in [-0.3, -0.25) is 14.9 Å². The van der Waals surface area contributed by atoms with Gasteiger partial charge in [-0.05, 0) is 24.3 Å². The fourth-order valence-electron chi connectivity index (χ4n) is 2.52. The molecule has 2 aromatic carbocycles. The van der Waals surface area contributed by atoms with Crippen LogP contribution in [0, 0.1) is 27.3 Å². The van der Waals surface area contributed by atoms with Crippen molar-refractivity contribution in [3.8, 4) is 6.07 Å². The molecule has 0 saturated heterocycles. The highest BCUT2D eigenvalue weighted by molar-refractivity contribution is 5.97. The van der Waals surface area contributed by atoms with Gasteiger partial charge in [0.05, 0.1) is 28.7 Å². The third-order valence-corrected chi connectivity index (χ3v) is 3.92. The highest BCUT2D eigenvalue weighted by Gasteiger charge is 2.22. The molecule has 0 fully saturated rings. The van der Waals surface area contributed by atoms with E-state index in [1.165, 1.54) is 37.4 Å². The molecule has 0 spiro atoms. The predicted molar refractivity (Wildman–Crippen MR) is 102 cm³/mol. The number of amides is 1. The van der Waals surface area contributed by atoms with Crippen molar-refractivity contribution in [1.29, 1.82) is 5.26 Å². The minimum atomic E-state index is -0.946. The maximum absolute atomic E-state index is 14.0. The number of rotatable bonds is 8. The van der Waals surface area contributed by atoms with Crippen LogP contribution in [0.15, 0.2) is 42.5 Å². The third kappa shape index (κ3) is 5.26.